The van der Waals surface area contributed by atoms with Gasteiger partial charge in [-0.2, -0.15) is 0 Å². The maximum absolute atomic E-state index is 12.0. The highest BCUT2D eigenvalue weighted by Gasteiger charge is 2.41. The van der Waals surface area contributed by atoms with Crippen LogP contribution in [-0.2, 0) is 9.53 Å². The molecule has 8 heteroatoms. The van der Waals surface area contributed by atoms with E-state index in [9.17, 15) is 4.79 Å². The number of thiocarbonyl (C=S) groups is 1. The van der Waals surface area contributed by atoms with E-state index in [0.717, 1.165) is 28.2 Å². The van der Waals surface area contributed by atoms with Crippen LogP contribution in [0, 0.1) is 6.92 Å². The topological polar surface area (TPSA) is 71.4 Å². The quantitative estimate of drug-likeness (QED) is 0.502. The summed E-state index contributed by atoms with van der Waals surface area (Å²) in [7, 11) is 1.50. The molecule has 2 aromatic heterocycles. The number of nitrogens with one attached hydrogen (secondary N) is 2. The fraction of sp³-hybridized carbons (Fsp3) is 0.320. The van der Waals surface area contributed by atoms with Gasteiger partial charge in [0.1, 0.15) is 6.61 Å². The Bertz CT molecular complexity index is 1140. The fourth-order valence-electron chi connectivity index (χ4n) is 4.15. The van der Waals surface area contributed by atoms with Crippen LogP contribution in [-0.4, -0.2) is 34.3 Å². The minimum atomic E-state index is -0.185. The number of anilines is 2. The molecule has 1 fully saturated rings. The molecule has 1 aliphatic rings. The SMILES string of the molecule is COCC(=O)Nc1ccc(N2C(=S)NC(c3ccccn3)C2c2ccn(C(C)C)c2)cc1C. The Morgan fingerprint density at radius 3 is 2.73 bits per heavy atom. The van der Waals surface area contributed by atoms with E-state index in [0.29, 0.717) is 11.2 Å². The van der Waals surface area contributed by atoms with E-state index >= 15 is 0 Å². The highest BCUT2D eigenvalue weighted by Crippen LogP contribution is 2.42. The number of pyridine rings is 1. The summed E-state index contributed by atoms with van der Waals surface area (Å²) in [5, 5.41) is 7.02. The zero-order valence-electron chi connectivity index (χ0n) is 19.3. The minimum Gasteiger partial charge on any atom is -0.375 e. The van der Waals surface area contributed by atoms with E-state index in [-0.39, 0.29) is 24.6 Å². The second-order valence-electron chi connectivity index (χ2n) is 8.46. The maximum Gasteiger partial charge on any atom is 0.250 e. The number of carbonyl (C=O) groups is 1. The van der Waals surface area contributed by atoms with Crippen molar-refractivity contribution >= 4 is 34.6 Å². The van der Waals surface area contributed by atoms with Gasteiger partial charge in [0.15, 0.2) is 5.11 Å². The lowest BCUT2D eigenvalue weighted by Crippen LogP contribution is -2.29. The number of amides is 1. The number of nitrogens with zero attached hydrogens (tertiary/aromatic N) is 3. The molecule has 7 nitrogen and oxygen atoms in total. The highest BCUT2D eigenvalue weighted by atomic mass is 32.1. The molecule has 2 N–H and O–H groups in total. The smallest absolute Gasteiger partial charge is 0.250 e. The summed E-state index contributed by atoms with van der Waals surface area (Å²) < 4.78 is 7.12. The molecular weight excluding hydrogens is 434 g/mol. The summed E-state index contributed by atoms with van der Waals surface area (Å²) in [6.45, 7) is 6.31. The summed E-state index contributed by atoms with van der Waals surface area (Å²) in [5.74, 6) is -0.185. The van der Waals surface area contributed by atoms with Gasteiger partial charge in [-0.3, -0.25) is 9.78 Å². The first kappa shape index (κ1) is 22.9. The van der Waals surface area contributed by atoms with Crippen LogP contribution < -0.4 is 15.5 Å². The molecular formula is C25H29N5O2S. The second kappa shape index (κ2) is 9.72. The monoisotopic (exact) mass is 463 g/mol. The average Bonchev–Trinajstić information content (AvgIpc) is 3.41. The van der Waals surface area contributed by atoms with Gasteiger partial charge < -0.3 is 24.8 Å². The second-order valence-corrected chi connectivity index (χ2v) is 8.85. The van der Waals surface area contributed by atoms with E-state index in [1.54, 1.807) is 6.20 Å². The van der Waals surface area contributed by atoms with Gasteiger partial charge in [-0.1, -0.05) is 6.07 Å². The van der Waals surface area contributed by atoms with Crippen molar-refractivity contribution in [2.24, 2.45) is 0 Å². The Balaban J connectivity index is 1.72. The molecule has 0 spiro atoms. The molecule has 172 valence electrons. The Kier molecular flexibility index (Phi) is 6.76. The first-order valence-corrected chi connectivity index (χ1v) is 11.4. The highest BCUT2D eigenvalue weighted by molar-refractivity contribution is 7.80. The summed E-state index contributed by atoms with van der Waals surface area (Å²) >= 11 is 5.81. The molecule has 1 amide bonds. The third kappa shape index (κ3) is 4.77. The molecule has 1 aromatic carbocycles. The zero-order chi connectivity index (χ0) is 23.5. The molecule has 1 aliphatic heterocycles. The molecule has 0 aliphatic carbocycles. The number of aromatic nitrogens is 2. The molecule has 2 atom stereocenters. The number of hydrogen-bond donors (Lipinski definition) is 2. The largest absolute Gasteiger partial charge is 0.375 e. The van der Waals surface area contributed by atoms with Crippen molar-refractivity contribution in [2.75, 3.05) is 23.9 Å². The number of aryl methyl sites for hydroxylation is 1. The molecule has 2 unspecified atom stereocenters. The first-order chi connectivity index (χ1) is 15.9. The van der Waals surface area contributed by atoms with E-state index in [2.05, 4.69) is 57.4 Å². The Labute approximate surface area is 199 Å². The van der Waals surface area contributed by atoms with Crippen molar-refractivity contribution in [3.63, 3.8) is 0 Å². The number of benzene rings is 1. The standard InChI is InChI=1S/C25H29N5O2S/c1-16(2)29-12-10-18(14-29)24-23(21-7-5-6-11-26-21)28-25(33)30(24)19-8-9-20(17(3)13-19)27-22(31)15-32-4/h5-14,16,23-24H,15H2,1-4H3,(H,27,31)(H,28,33). The van der Waals surface area contributed by atoms with E-state index in [4.69, 9.17) is 17.0 Å². The first-order valence-electron chi connectivity index (χ1n) is 11.0. The number of hydrogen-bond acceptors (Lipinski definition) is 4. The fourth-order valence-corrected chi connectivity index (χ4v) is 4.50. The lowest BCUT2D eigenvalue weighted by Gasteiger charge is -2.28. The predicted molar refractivity (Wildman–Crippen MR) is 134 cm³/mol. The summed E-state index contributed by atoms with van der Waals surface area (Å²) in [6, 6.07) is 14.2. The molecule has 3 aromatic rings. The summed E-state index contributed by atoms with van der Waals surface area (Å²) in [6.07, 6.45) is 6.09. The third-order valence-corrected chi connectivity index (χ3v) is 6.13. The minimum absolute atomic E-state index is 0.0159. The van der Waals surface area contributed by atoms with Gasteiger partial charge in [0, 0.05) is 43.1 Å². The number of methoxy groups -OCH3 is 1. The van der Waals surface area contributed by atoms with Crippen LogP contribution in [0.15, 0.2) is 61.1 Å². The Hall–Kier alpha value is -3.23. The van der Waals surface area contributed by atoms with Gasteiger partial charge in [0.05, 0.1) is 17.8 Å². The molecule has 0 saturated carbocycles. The Morgan fingerprint density at radius 1 is 1.27 bits per heavy atom. The number of ether oxygens (including phenoxy) is 1. The average molecular weight is 464 g/mol. The van der Waals surface area contributed by atoms with Crippen molar-refractivity contribution in [3.8, 4) is 0 Å². The van der Waals surface area contributed by atoms with Crippen molar-refractivity contribution in [3.05, 3.63) is 77.9 Å². The van der Waals surface area contributed by atoms with Crippen molar-refractivity contribution in [2.45, 2.75) is 38.9 Å². The van der Waals surface area contributed by atoms with Crippen LogP contribution in [0.3, 0.4) is 0 Å². The number of rotatable bonds is 7. The molecule has 4 rings (SSSR count). The third-order valence-electron chi connectivity index (χ3n) is 5.81. The van der Waals surface area contributed by atoms with Crippen LogP contribution in [0.4, 0.5) is 11.4 Å². The molecule has 1 saturated heterocycles. The summed E-state index contributed by atoms with van der Waals surface area (Å²) in [4.78, 5) is 18.7. The van der Waals surface area contributed by atoms with Gasteiger partial charge in [0.25, 0.3) is 0 Å². The van der Waals surface area contributed by atoms with Gasteiger partial charge in [0.2, 0.25) is 5.91 Å². The zero-order valence-corrected chi connectivity index (χ0v) is 20.1. The van der Waals surface area contributed by atoms with Gasteiger partial charge in [-0.25, -0.2) is 0 Å². The van der Waals surface area contributed by atoms with Crippen molar-refractivity contribution in [1.29, 1.82) is 0 Å². The van der Waals surface area contributed by atoms with Crippen molar-refractivity contribution < 1.29 is 9.53 Å². The van der Waals surface area contributed by atoms with Crippen LogP contribution in [0.5, 0.6) is 0 Å². The summed E-state index contributed by atoms with van der Waals surface area (Å²) in [5.41, 5.74) is 4.74. The maximum atomic E-state index is 12.0. The van der Waals surface area contributed by atoms with Gasteiger partial charge in [-0.05, 0) is 80.5 Å². The number of carbonyl (C=O) groups excluding carboxylic acids is 1. The van der Waals surface area contributed by atoms with Crippen molar-refractivity contribution in [1.82, 2.24) is 14.9 Å². The van der Waals surface area contributed by atoms with E-state index in [1.807, 2.05) is 43.3 Å². The normalized spacial score (nSPS) is 18.0. The van der Waals surface area contributed by atoms with Gasteiger partial charge in [-0.15, -0.1) is 0 Å². The Morgan fingerprint density at radius 2 is 2.09 bits per heavy atom. The van der Waals surface area contributed by atoms with Gasteiger partial charge >= 0.3 is 0 Å². The van der Waals surface area contributed by atoms with Crippen LogP contribution in [0.25, 0.3) is 0 Å². The lowest BCUT2D eigenvalue weighted by molar-refractivity contribution is -0.119. The molecule has 33 heavy (non-hydrogen) atoms. The van der Waals surface area contributed by atoms with Crippen LogP contribution >= 0.6 is 12.2 Å². The molecule has 0 bridgehead atoms. The van der Waals surface area contributed by atoms with E-state index < -0.39 is 0 Å². The van der Waals surface area contributed by atoms with Crippen LogP contribution in [0.2, 0.25) is 0 Å². The molecule has 0 radical (unpaired) electrons. The molecule has 3 heterocycles. The lowest BCUT2D eigenvalue weighted by atomic mass is 9.98. The van der Waals surface area contributed by atoms with E-state index in [1.165, 1.54) is 7.11 Å². The predicted octanol–water partition coefficient (Wildman–Crippen LogP) is 4.53. The van der Waals surface area contributed by atoms with Crippen LogP contribution in [0.1, 0.15) is 48.8 Å².